The van der Waals surface area contributed by atoms with Crippen molar-refractivity contribution >= 4 is 44.8 Å². The molecule has 0 saturated heterocycles. The van der Waals surface area contributed by atoms with E-state index in [2.05, 4.69) is 5.32 Å². The number of hydrogen-bond donors (Lipinski definition) is 1. The van der Waals surface area contributed by atoms with Crippen molar-refractivity contribution in [3.05, 3.63) is 52.0 Å². The van der Waals surface area contributed by atoms with Crippen LogP contribution in [0.1, 0.15) is 5.56 Å². The molecule has 0 aliphatic carbocycles. The zero-order chi connectivity index (χ0) is 19.5. The first-order valence-corrected chi connectivity index (χ1v) is 9.72. The number of carbonyl (C=O) groups excluding carboxylic acids is 1. The van der Waals surface area contributed by atoms with E-state index in [0.717, 1.165) is 4.31 Å². The smallest absolute Gasteiger partial charge is 0.262 e. The summed E-state index contributed by atoms with van der Waals surface area (Å²) < 4.78 is 30.9. The molecule has 0 aromatic heterocycles. The largest absolute Gasteiger partial charge is 0.481 e. The minimum Gasteiger partial charge on any atom is -0.481 e. The summed E-state index contributed by atoms with van der Waals surface area (Å²) >= 11 is 12.0. The van der Waals surface area contributed by atoms with Gasteiger partial charge in [-0.3, -0.25) is 4.79 Å². The van der Waals surface area contributed by atoms with E-state index in [-0.39, 0.29) is 17.3 Å². The zero-order valence-corrected chi connectivity index (χ0v) is 16.7. The van der Waals surface area contributed by atoms with Gasteiger partial charge in [0.2, 0.25) is 10.0 Å². The molecule has 1 amide bonds. The molecular formula is C17H18Cl2N2O4S. The van der Waals surface area contributed by atoms with Gasteiger partial charge in [-0.15, -0.1) is 0 Å². The number of sulfonamides is 1. The Bertz CT molecular complexity index is 910. The Morgan fingerprint density at radius 1 is 1.15 bits per heavy atom. The topological polar surface area (TPSA) is 75.7 Å². The fraction of sp³-hybridized carbons (Fsp3) is 0.235. The van der Waals surface area contributed by atoms with Crippen molar-refractivity contribution in [2.75, 3.05) is 26.0 Å². The molecule has 26 heavy (non-hydrogen) atoms. The second-order valence-corrected chi connectivity index (χ2v) is 8.62. The molecule has 2 aromatic rings. The van der Waals surface area contributed by atoms with Crippen molar-refractivity contribution in [2.45, 2.75) is 11.8 Å². The maximum Gasteiger partial charge on any atom is 0.262 e. The van der Waals surface area contributed by atoms with Crippen LogP contribution in [-0.4, -0.2) is 39.3 Å². The van der Waals surface area contributed by atoms with E-state index in [1.165, 1.54) is 26.2 Å². The Hall–Kier alpha value is -1.80. The minimum atomic E-state index is -3.60. The van der Waals surface area contributed by atoms with Crippen molar-refractivity contribution in [3.8, 4) is 5.75 Å². The number of halogens is 2. The summed E-state index contributed by atoms with van der Waals surface area (Å²) in [4.78, 5) is 12.3. The quantitative estimate of drug-likeness (QED) is 0.780. The number of benzene rings is 2. The summed E-state index contributed by atoms with van der Waals surface area (Å²) in [5.41, 5.74) is 1.10. The van der Waals surface area contributed by atoms with E-state index in [4.69, 9.17) is 27.9 Å². The molecule has 0 aliphatic heterocycles. The Kier molecular flexibility index (Phi) is 6.52. The van der Waals surface area contributed by atoms with Gasteiger partial charge in [0.1, 0.15) is 0 Å². The average Bonchev–Trinajstić information content (AvgIpc) is 2.56. The molecule has 0 spiro atoms. The van der Waals surface area contributed by atoms with Crippen molar-refractivity contribution in [2.24, 2.45) is 0 Å². The molecule has 2 aromatic carbocycles. The highest BCUT2D eigenvalue weighted by Gasteiger charge is 2.19. The maximum absolute atomic E-state index is 12.2. The predicted octanol–water partition coefficient (Wildman–Crippen LogP) is 3.57. The monoisotopic (exact) mass is 416 g/mol. The van der Waals surface area contributed by atoms with Crippen molar-refractivity contribution < 1.29 is 17.9 Å². The van der Waals surface area contributed by atoms with Gasteiger partial charge in [-0.1, -0.05) is 35.3 Å². The third kappa shape index (κ3) is 4.67. The average molecular weight is 417 g/mol. The van der Waals surface area contributed by atoms with Gasteiger partial charge >= 0.3 is 0 Å². The van der Waals surface area contributed by atoms with Gasteiger partial charge in [-0.25, -0.2) is 12.7 Å². The summed E-state index contributed by atoms with van der Waals surface area (Å²) in [5.74, 6) is -0.255. The summed E-state index contributed by atoms with van der Waals surface area (Å²) in [6, 6.07) is 9.38. The first-order valence-electron chi connectivity index (χ1n) is 7.52. The summed E-state index contributed by atoms with van der Waals surface area (Å²) in [7, 11) is -0.724. The van der Waals surface area contributed by atoms with E-state index in [1.807, 2.05) is 0 Å². The van der Waals surface area contributed by atoms with Gasteiger partial charge in [0.15, 0.2) is 12.4 Å². The summed E-state index contributed by atoms with van der Waals surface area (Å²) in [6.45, 7) is 1.43. The molecule has 0 saturated carbocycles. The molecule has 0 fully saturated rings. The lowest BCUT2D eigenvalue weighted by Crippen LogP contribution is -2.23. The highest BCUT2D eigenvalue weighted by molar-refractivity contribution is 7.89. The number of rotatable bonds is 6. The number of aryl methyl sites for hydroxylation is 1. The number of amides is 1. The highest BCUT2D eigenvalue weighted by Crippen LogP contribution is 2.32. The van der Waals surface area contributed by atoms with Crippen LogP contribution in [0.15, 0.2) is 41.3 Å². The second kappa shape index (κ2) is 8.26. The SMILES string of the molecule is Cc1ccc(S(=O)(=O)N(C)C)cc1NC(=O)COc1c(Cl)cccc1Cl. The molecule has 1 N–H and O–H groups in total. The standard InChI is InChI=1S/C17H18Cl2N2O4S/c1-11-7-8-12(26(23,24)21(2)3)9-15(11)20-16(22)10-25-17-13(18)5-4-6-14(17)19/h4-9H,10H2,1-3H3,(H,20,22). The Balaban J connectivity index is 2.14. The number of ether oxygens (including phenoxy) is 1. The van der Waals surface area contributed by atoms with Crippen LogP contribution in [0.2, 0.25) is 10.0 Å². The second-order valence-electron chi connectivity index (χ2n) is 5.65. The molecule has 6 nitrogen and oxygen atoms in total. The lowest BCUT2D eigenvalue weighted by Gasteiger charge is -2.15. The summed E-state index contributed by atoms with van der Waals surface area (Å²) in [6.07, 6.45) is 0. The maximum atomic E-state index is 12.2. The number of para-hydroxylation sites is 1. The molecule has 0 aliphatic rings. The van der Waals surface area contributed by atoms with Gasteiger partial charge in [-0.2, -0.15) is 0 Å². The highest BCUT2D eigenvalue weighted by atomic mass is 35.5. The van der Waals surface area contributed by atoms with Crippen molar-refractivity contribution in [1.82, 2.24) is 4.31 Å². The molecule has 140 valence electrons. The molecule has 0 atom stereocenters. The number of anilines is 1. The van der Waals surface area contributed by atoms with Crippen LogP contribution in [0, 0.1) is 6.92 Å². The molecule has 0 bridgehead atoms. The van der Waals surface area contributed by atoms with Crippen molar-refractivity contribution in [3.63, 3.8) is 0 Å². The van der Waals surface area contributed by atoms with E-state index in [9.17, 15) is 13.2 Å². The predicted molar refractivity (Wildman–Crippen MR) is 103 cm³/mol. The number of hydrogen-bond acceptors (Lipinski definition) is 4. The van der Waals surface area contributed by atoms with Gasteiger partial charge in [0.05, 0.1) is 14.9 Å². The Morgan fingerprint density at radius 3 is 2.35 bits per heavy atom. The van der Waals surface area contributed by atoms with Crippen LogP contribution in [-0.2, 0) is 14.8 Å². The van der Waals surface area contributed by atoms with Crippen LogP contribution in [0.3, 0.4) is 0 Å². The van der Waals surface area contributed by atoms with Crippen LogP contribution >= 0.6 is 23.2 Å². The first-order chi connectivity index (χ1) is 12.1. The molecule has 0 unspecified atom stereocenters. The van der Waals surface area contributed by atoms with Gasteiger partial charge in [-0.05, 0) is 36.8 Å². The van der Waals surface area contributed by atoms with E-state index in [1.54, 1.807) is 31.2 Å². The minimum absolute atomic E-state index is 0.0819. The Labute approximate surface area is 162 Å². The van der Waals surface area contributed by atoms with E-state index >= 15 is 0 Å². The number of nitrogens with one attached hydrogen (secondary N) is 1. The normalized spacial score (nSPS) is 11.5. The van der Waals surface area contributed by atoms with Crippen LogP contribution in [0.5, 0.6) is 5.75 Å². The van der Waals surface area contributed by atoms with Crippen LogP contribution in [0.25, 0.3) is 0 Å². The van der Waals surface area contributed by atoms with E-state index < -0.39 is 15.9 Å². The summed E-state index contributed by atoms with van der Waals surface area (Å²) in [5, 5.41) is 3.22. The molecular weight excluding hydrogens is 399 g/mol. The van der Waals surface area contributed by atoms with Crippen LogP contribution in [0.4, 0.5) is 5.69 Å². The zero-order valence-electron chi connectivity index (χ0n) is 14.4. The van der Waals surface area contributed by atoms with Gasteiger partial charge < -0.3 is 10.1 Å². The van der Waals surface area contributed by atoms with Crippen LogP contribution < -0.4 is 10.1 Å². The number of nitrogens with zero attached hydrogens (tertiary/aromatic N) is 1. The lowest BCUT2D eigenvalue weighted by atomic mass is 10.2. The lowest BCUT2D eigenvalue weighted by molar-refractivity contribution is -0.118. The number of carbonyl (C=O) groups is 1. The Morgan fingerprint density at radius 2 is 1.77 bits per heavy atom. The fourth-order valence-corrected chi connectivity index (χ4v) is 3.49. The molecule has 2 rings (SSSR count). The third-order valence-electron chi connectivity index (χ3n) is 3.53. The molecule has 9 heteroatoms. The van der Waals surface area contributed by atoms with Gasteiger partial charge in [0.25, 0.3) is 5.91 Å². The molecule has 0 heterocycles. The third-order valence-corrected chi connectivity index (χ3v) is 5.93. The van der Waals surface area contributed by atoms with Crippen molar-refractivity contribution in [1.29, 1.82) is 0 Å². The fourth-order valence-electron chi connectivity index (χ4n) is 2.05. The first kappa shape index (κ1) is 20.5. The van der Waals surface area contributed by atoms with E-state index in [0.29, 0.717) is 21.3 Å². The van der Waals surface area contributed by atoms with Gasteiger partial charge in [0, 0.05) is 19.8 Å². The molecule has 0 radical (unpaired) electrons.